The Labute approximate surface area is 116 Å². The molecule has 3 heteroatoms. The number of rotatable bonds is 3. The lowest BCUT2D eigenvalue weighted by molar-refractivity contribution is 0.556. The van der Waals surface area contributed by atoms with Gasteiger partial charge in [-0.1, -0.05) is 19.8 Å². The number of nitrogens with two attached hydrogens (primary N) is 1. The predicted molar refractivity (Wildman–Crippen MR) is 82.1 cm³/mol. The number of benzene rings is 1. The molecule has 1 aromatic carbocycles. The molecule has 1 heterocycles. The molecule has 2 rings (SSSR count). The molecule has 1 aliphatic rings. The molecule has 0 radical (unpaired) electrons. The van der Waals surface area contributed by atoms with Gasteiger partial charge in [0, 0.05) is 23.8 Å². The molecule has 0 aliphatic carbocycles. The molecule has 1 aromatic rings. The maximum atomic E-state index is 7.57. The van der Waals surface area contributed by atoms with E-state index in [0.717, 1.165) is 17.7 Å². The number of hydrogen-bond donors (Lipinski definition) is 2. The highest BCUT2D eigenvalue weighted by Gasteiger charge is 2.20. The number of nitrogen functional groups attached to an aromatic ring is 1. The highest BCUT2D eigenvalue weighted by Crippen LogP contribution is 2.27. The van der Waals surface area contributed by atoms with Gasteiger partial charge in [-0.2, -0.15) is 0 Å². The molecule has 0 saturated carbocycles. The second-order valence-corrected chi connectivity index (χ2v) is 5.52. The van der Waals surface area contributed by atoms with Crippen LogP contribution in [0.1, 0.15) is 50.2 Å². The van der Waals surface area contributed by atoms with Crippen LogP contribution in [0.15, 0.2) is 18.2 Å². The molecule has 19 heavy (non-hydrogen) atoms. The van der Waals surface area contributed by atoms with Crippen molar-refractivity contribution in [3.8, 4) is 0 Å². The van der Waals surface area contributed by atoms with E-state index in [-0.39, 0.29) is 5.84 Å². The van der Waals surface area contributed by atoms with E-state index in [1.807, 2.05) is 13.0 Å². The van der Waals surface area contributed by atoms with Crippen molar-refractivity contribution >= 4 is 11.5 Å². The first-order valence-corrected chi connectivity index (χ1v) is 7.35. The summed E-state index contributed by atoms with van der Waals surface area (Å²) in [5.41, 5.74) is 8.83. The second kappa shape index (κ2) is 6.09. The minimum absolute atomic E-state index is 0.159. The molecule has 1 fully saturated rings. The van der Waals surface area contributed by atoms with Gasteiger partial charge in [0.2, 0.25) is 0 Å². The first-order valence-electron chi connectivity index (χ1n) is 7.35. The summed E-state index contributed by atoms with van der Waals surface area (Å²) in [6, 6.07) is 6.96. The van der Waals surface area contributed by atoms with Crippen molar-refractivity contribution in [2.75, 3.05) is 11.4 Å². The van der Waals surface area contributed by atoms with Gasteiger partial charge in [0.1, 0.15) is 5.84 Å². The quantitative estimate of drug-likeness (QED) is 0.645. The molecule has 1 atom stereocenters. The van der Waals surface area contributed by atoms with E-state index in [9.17, 15) is 0 Å². The molecular formula is C16H25N3. The molecule has 0 amide bonds. The Morgan fingerprint density at radius 3 is 2.79 bits per heavy atom. The molecule has 0 bridgehead atoms. The van der Waals surface area contributed by atoms with E-state index < -0.39 is 0 Å². The highest BCUT2D eigenvalue weighted by atomic mass is 15.2. The van der Waals surface area contributed by atoms with Gasteiger partial charge in [-0.3, -0.25) is 5.41 Å². The van der Waals surface area contributed by atoms with E-state index in [1.165, 1.54) is 37.8 Å². The number of hydrogen-bond acceptors (Lipinski definition) is 2. The molecule has 1 saturated heterocycles. The third kappa shape index (κ3) is 3.09. The van der Waals surface area contributed by atoms with E-state index >= 15 is 0 Å². The summed E-state index contributed by atoms with van der Waals surface area (Å²) >= 11 is 0. The Morgan fingerprint density at radius 1 is 1.37 bits per heavy atom. The van der Waals surface area contributed by atoms with Crippen LogP contribution >= 0.6 is 0 Å². The van der Waals surface area contributed by atoms with Gasteiger partial charge in [-0.25, -0.2) is 0 Å². The van der Waals surface area contributed by atoms with Crippen LogP contribution in [0.3, 0.4) is 0 Å². The standard InChI is InChI=1S/C16H25N3/c1-3-13-7-5-4-6-10-19(13)14-8-9-15(16(17)18)12(2)11-14/h8-9,11,13H,3-7,10H2,1-2H3,(H3,17,18). The van der Waals surface area contributed by atoms with Gasteiger partial charge in [-0.15, -0.1) is 0 Å². The molecule has 3 N–H and O–H groups in total. The zero-order valence-corrected chi connectivity index (χ0v) is 12.1. The SMILES string of the molecule is CCC1CCCCCN1c1ccc(C(=N)N)c(C)c1. The minimum atomic E-state index is 0.159. The lowest BCUT2D eigenvalue weighted by Crippen LogP contribution is -2.34. The largest absolute Gasteiger partial charge is 0.384 e. The third-order valence-electron chi connectivity index (χ3n) is 4.18. The van der Waals surface area contributed by atoms with E-state index in [2.05, 4.69) is 24.0 Å². The topological polar surface area (TPSA) is 53.1 Å². The smallest absolute Gasteiger partial charge is 0.123 e. The van der Waals surface area contributed by atoms with Gasteiger partial charge >= 0.3 is 0 Å². The number of amidine groups is 1. The summed E-state index contributed by atoms with van der Waals surface area (Å²) in [5.74, 6) is 0.159. The molecule has 0 aromatic heterocycles. The summed E-state index contributed by atoms with van der Waals surface area (Å²) < 4.78 is 0. The van der Waals surface area contributed by atoms with Crippen molar-refractivity contribution in [2.24, 2.45) is 5.73 Å². The molecule has 1 unspecified atom stereocenters. The zero-order chi connectivity index (χ0) is 13.8. The number of aryl methyl sites for hydroxylation is 1. The fourth-order valence-corrected chi connectivity index (χ4v) is 3.07. The van der Waals surface area contributed by atoms with Gasteiger partial charge in [0.25, 0.3) is 0 Å². The van der Waals surface area contributed by atoms with Crippen molar-refractivity contribution < 1.29 is 0 Å². The van der Waals surface area contributed by atoms with Crippen LogP contribution in [0.2, 0.25) is 0 Å². The predicted octanol–water partition coefficient (Wildman–Crippen LogP) is 3.44. The fourth-order valence-electron chi connectivity index (χ4n) is 3.07. The van der Waals surface area contributed by atoms with Crippen LogP contribution < -0.4 is 10.6 Å². The van der Waals surface area contributed by atoms with Crippen LogP contribution in [-0.4, -0.2) is 18.4 Å². The highest BCUT2D eigenvalue weighted by molar-refractivity contribution is 5.96. The number of anilines is 1. The Morgan fingerprint density at radius 2 is 2.16 bits per heavy atom. The first kappa shape index (κ1) is 13.9. The zero-order valence-electron chi connectivity index (χ0n) is 12.1. The van der Waals surface area contributed by atoms with Crippen molar-refractivity contribution in [2.45, 2.75) is 52.0 Å². The Balaban J connectivity index is 2.28. The maximum Gasteiger partial charge on any atom is 0.123 e. The van der Waals surface area contributed by atoms with Gasteiger partial charge in [0.05, 0.1) is 0 Å². The van der Waals surface area contributed by atoms with Crippen LogP contribution in [0, 0.1) is 12.3 Å². The van der Waals surface area contributed by atoms with Gasteiger partial charge < -0.3 is 10.6 Å². The summed E-state index contributed by atoms with van der Waals surface area (Å²) in [6.45, 7) is 5.47. The average molecular weight is 259 g/mol. The fraction of sp³-hybridized carbons (Fsp3) is 0.562. The summed E-state index contributed by atoms with van der Waals surface area (Å²) in [5, 5.41) is 7.57. The molecule has 104 valence electrons. The minimum Gasteiger partial charge on any atom is -0.384 e. The summed E-state index contributed by atoms with van der Waals surface area (Å²) in [4.78, 5) is 2.55. The second-order valence-electron chi connectivity index (χ2n) is 5.52. The van der Waals surface area contributed by atoms with Crippen LogP contribution in [0.4, 0.5) is 5.69 Å². The van der Waals surface area contributed by atoms with Crippen molar-refractivity contribution in [3.05, 3.63) is 29.3 Å². The van der Waals surface area contributed by atoms with Crippen LogP contribution in [0.5, 0.6) is 0 Å². The molecule has 0 spiro atoms. The molecule has 3 nitrogen and oxygen atoms in total. The van der Waals surface area contributed by atoms with Gasteiger partial charge in [0.15, 0.2) is 0 Å². The Hall–Kier alpha value is -1.51. The number of nitrogens with one attached hydrogen (secondary N) is 1. The Bertz CT molecular complexity index is 453. The third-order valence-corrected chi connectivity index (χ3v) is 4.18. The monoisotopic (exact) mass is 259 g/mol. The Kier molecular flexibility index (Phi) is 4.46. The number of nitrogens with zero attached hydrogens (tertiary/aromatic N) is 1. The lowest BCUT2D eigenvalue weighted by Gasteiger charge is -2.32. The average Bonchev–Trinajstić information content (AvgIpc) is 2.63. The van der Waals surface area contributed by atoms with Gasteiger partial charge in [-0.05, 0) is 49.9 Å². The van der Waals surface area contributed by atoms with Crippen molar-refractivity contribution in [1.82, 2.24) is 0 Å². The summed E-state index contributed by atoms with van der Waals surface area (Å²) in [6.07, 6.45) is 6.47. The molecule has 1 aliphatic heterocycles. The first-order chi connectivity index (χ1) is 9.13. The van der Waals surface area contributed by atoms with Crippen LogP contribution in [0.25, 0.3) is 0 Å². The summed E-state index contributed by atoms with van der Waals surface area (Å²) in [7, 11) is 0. The normalized spacial score (nSPS) is 20.1. The van der Waals surface area contributed by atoms with E-state index in [1.54, 1.807) is 0 Å². The van der Waals surface area contributed by atoms with E-state index in [0.29, 0.717) is 6.04 Å². The van der Waals surface area contributed by atoms with E-state index in [4.69, 9.17) is 11.1 Å². The maximum absolute atomic E-state index is 7.57. The van der Waals surface area contributed by atoms with Crippen LogP contribution in [-0.2, 0) is 0 Å². The lowest BCUT2D eigenvalue weighted by atomic mass is 10.0. The van der Waals surface area contributed by atoms with Crippen molar-refractivity contribution in [1.29, 1.82) is 5.41 Å². The molecular weight excluding hydrogens is 234 g/mol. The van der Waals surface area contributed by atoms with Crippen molar-refractivity contribution in [3.63, 3.8) is 0 Å².